The van der Waals surface area contributed by atoms with E-state index in [9.17, 15) is 4.79 Å². The number of unbranched alkanes of at least 4 members (excludes halogenated alkanes) is 1. The molecule has 1 saturated heterocycles. The van der Waals surface area contributed by atoms with Crippen molar-refractivity contribution in [1.82, 2.24) is 16.2 Å². The van der Waals surface area contributed by atoms with Crippen molar-refractivity contribution in [1.29, 1.82) is 0 Å². The van der Waals surface area contributed by atoms with Gasteiger partial charge in [-0.15, -0.1) is 0 Å². The van der Waals surface area contributed by atoms with Gasteiger partial charge in [-0.05, 0) is 6.42 Å². The molecule has 0 spiro atoms. The van der Waals surface area contributed by atoms with Crippen LogP contribution >= 0.6 is 0 Å². The Labute approximate surface area is 78.2 Å². The Hall–Kier alpha value is -0.810. The number of nitrogens with one attached hydrogen (secondary N) is 3. The van der Waals surface area contributed by atoms with Crippen LogP contribution in [0.3, 0.4) is 0 Å². The third-order valence-corrected chi connectivity index (χ3v) is 1.89. The average molecular weight is 187 g/mol. The first-order chi connectivity index (χ1) is 6.33. The van der Waals surface area contributed by atoms with E-state index in [0.29, 0.717) is 12.6 Å². The van der Waals surface area contributed by atoms with Gasteiger partial charge in [0.05, 0.1) is 12.6 Å². The molecule has 0 unspecified atom stereocenters. The van der Waals surface area contributed by atoms with Crippen molar-refractivity contribution in [2.45, 2.75) is 25.8 Å². The van der Waals surface area contributed by atoms with Gasteiger partial charge in [0.2, 0.25) is 0 Å². The van der Waals surface area contributed by atoms with Crippen molar-refractivity contribution in [2.75, 3.05) is 19.7 Å². The number of carbonyl (C=O) groups is 1. The number of carbonyl (C=O) groups excluding carboxylic acids is 1. The molecule has 13 heavy (non-hydrogen) atoms. The van der Waals surface area contributed by atoms with Gasteiger partial charge in [-0.3, -0.25) is 5.43 Å². The zero-order valence-corrected chi connectivity index (χ0v) is 7.93. The van der Waals surface area contributed by atoms with E-state index in [2.05, 4.69) is 23.1 Å². The van der Waals surface area contributed by atoms with E-state index in [1.165, 1.54) is 0 Å². The Morgan fingerprint density at radius 3 is 2.92 bits per heavy atom. The lowest BCUT2D eigenvalue weighted by atomic mass is 10.2. The molecule has 1 amide bonds. The molecule has 0 aromatic carbocycles. The monoisotopic (exact) mass is 187 g/mol. The van der Waals surface area contributed by atoms with E-state index in [1.807, 2.05) is 0 Å². The van der Waals surface area contributed by atoms with E-state index >= 15 is 0 Å². The highest BCUT2D eigenvalue weighted by Gasteiger charge is 2.16. The Morgan fingerprint density at radius 2 is 2.38 bits per heavy atom. The van der Waals surface area contributed by atoms with Crippen LogP contribution in [-0.4, -0.2) is 31.8 Å². The van der Waals surface area contributed by atoms with Crippen molar-refractivity contribution in [3.63, 3.8) is 0 Å². The molecule has 1 aliphatic heterocycles. The standard InChI is InChI=1S/C8H17N3O2/c1-2-3-4-13-8(12)11-10-7-5-9-6-7/h7,9-10H,2-6H2,1H3,(H,11,12). The quantitative estimate of drug-likeness (QED) is 0.418. The smallest absolute Gasteiger partial charge is 0.421 e. The molecule has 76 valence electrons. The van der Waals surface area contributed by atoms with Gasteiger partial charge >= 0.3 is 6.09 Å². The second kappa shape index (κ2) is 5.77. The van der Waals surface area contributed by atoms with Gasteiger partial charge in [-0.25, -0.2) is 10.2 Å². The van der Waals surface area contributed by atoms with Crippen molar-refractivity contribution < 1.29 is 9.53 Å². The fourth-order valence-corrected chi connectivity index (χ4v) is 0.897. The molecule has 0 bridgehead atoms. The molecule has 0 atom stereocenters. The normalized spacial score (nSPS) is 16.4. The molecule has 5 nitrogen and oxygen atoms in total. The first kappa shape index (κ1) is 10.3. The van der Waals surface area contributed by atoms with E-state index in [0.717, 1.165) is 25.9 Å². The van der Waals surface area contributed by atoms with Crippen LogP contribution < -0.4 is 16.2 Å². The van der Waals surface area contributed by atoms with Gasteiger partial charge < -0.3 is 10.1 Å². The van der Waals surface area contributed by atoms with Gasteiger partial charge in [0.1, 0.15) is 0 Å². The maximum atomic E-state index is 10.9. The molecule has 0 saturated carbocycles. The number of amides is 1. The van der Waals surface area contributed by atoms with Crippen LogP contribution in [0.5, 0.6) is 0 Å². The van der Waals surface area contributed by atoms with Gasteiger partial charge in [0, 0.05) is 13.1 Å². The molecule has 1 rings (SSSR count). The fraction of sp³-hybridized carbons (Fsp3) is 0.875. The van der Waals surface area contributed by atoms with Crippen LogP contribution in [0, 0.1) is 0 Å². The molecule has 0 aromatic rings. The van der Waals surface area contributed by atoms with Crippen LogP contribution in [0.1, 0.15) is 19.8 Å². The summed E-state index contributed by atoms with van der Waals surface area (Å²) in [5, 5.41) is 3.08. The van der Waals surface area contributed by atoms with Crippen LogP contribution in [0.4, 0.5) is 4.79 Å². The van der Waals surface area contributed by atoms with Crippen LogP contribution in [0.2, 0.25) is 0 Å². The fourth-order valence-electron chi connectivity index (χ4n) is 0.897. The first-order valence-electron chi connectivity index (χ1n) is 4.72. The molecule has 0 radical (unpaired) electrons. The number of hydrogen-bond donors (Lipinski definition) is 3. The summed E-state index contributed by atoms with van der Waals surface area (Å²) in [5.41, 5.74) is 5.35. The largest absolute Gasteiger partial charge is 0.449 e. The summed E-state index contributed by atoms with van der Waals surface area (Å²) < 4.78 is 4.87. The SMILES string of the molecule is CCCCOC(=O)NNC1CNC1. The molecule has 0 aliphatic carbocycles. The Balaban J connectivity index is 1.90. The molecule has 5 heteroatoms. The summed E-state index contributed by atoms with van der Waals surface area (Å²) >= 11 is 0. The first-order valence-corrected chi connectivity index (χ1v) is 4.72. The summed E-state index contributed by atoms with van der Waals surface area (Å²) in [6, 6.07) is 0.346. The predicted molar refractivity (Wildman–Crippen MR) is 49.2 cm³/mol. The van der Waals surface area contributed by atoms with E-state index in [4.69, 9.17) is 4.74 Å². The lowest BCUT2D eigenvalue weighted by molar-refractivity contribution is 0.135. The van der Waals surface area contributed by atoms with Crippen LogP contribution in [0.15, 0.2) is 0 Å². The minimum atomic E-state index is -0.389. The highest BCUT2D eigenvalue weighted by molar-refractivity contribution is 5.66. The Kier molecular flexibility index (Phi) is 4.56. The minimum absolute atomic E-state index is 0.346. The van der Waals surface area contributed by atoms with Crippen molar-refractivity contribution >= 4 is 6.09 Å². The third kappa shape index (κ3) is 4.10. The number of hydrazine groups is 1. The number of rotatable bonds is 5. The molecule has 0 aromatic heterocycles. The summed E-state index contributed by atoms with van der Waals surface area (Å²) in [7, 11) is 0. The molecule has 3 N–H and O–H groups in total. The molecular formula is C8H17N3O2. The molecular weight excluding hydrogens is 170 g/mol. The Morgan fingerprint density at radius 1 is 1.62 bits per heavy atom. The van der Waals surface area contributed by atoms with Gasteiger partial charge in [-0.2, -0.15) is 0 Å². The minimum Gasteiger partial charge on any atom is -0.449 e. The second-order valence-electron chi connectivity index (χ2n) is 3.11. The van der Waals surface area contributed by atoms with Gasteiger partial charge in [0.15, 0.2) is 0 Å². The van der Waals surface area contributed by atoms with E-state index in [1.54, 1.807) is 0 Å². The zero-order chi connectivity index (χ0) is 9.52. The van der Waals surface area contributed by atoms with Gasteiger partial charge in [0.25, 0.3) is 0 Å². The van der Waals surface area contributed by atoms with Crippen LogP contribution in [0.25, 0.3) is 0 Å². The summed E-state index contributed by atoms with van der Waals surface area (Å²) in [6.45, 7) is 4.34. The van der Waals surface area contributed by atoms with Crippen LogP contribution in [-0.2, 0) is 4.74 Å². The average Bonchev–Trinajstić information content (AvgIpc) is 2.02. The maximum absolute atomic E-state index is 10.9. The Bertz CT molecular complexity index is 159. The number of hydrogen-bond acceptors (Lipinski definition) is 4. The second-order valence-corrected chi connectivity index (χ2v) is 3.11. The molecule has 1 aliphatic rings. The highest BCUT2D eigenvalue weighted by atomic mass is 16.6. The zero-order valence-electron chi connectivity index (χ0n) is 7.93. The maximum Gasteiger partial charge on any atom is 0.421 e. The van der Waals surface area contributed by atoms with E-state index in [-0.39, 0.29) is 6.09 Å². The lowest BCUT2D eigenvalue weighted by Crippen LogP contribution is -2.60. The molecule has 1 fully saturated rings. The summed E-state index contributed by atoms with van der Waals surface area (Å²) in [5.74, 6) is 0. The predicted octanol–water partition coefficient (Wildman–Crippen LogP) is -0.0109. The third-order valence-electron chi connectivity index (χ3n) is 1.89. The van der Waals surface area contributed by atoms with Crippen molar-refractivity contribution in [3.8, 4) is 0 Å². The topological polar surface area (TPSA) is 62.4 Å². The lowest BCUT2D eigenvalue weighted by Gasteiger charge is -2.27. The van der Waals surface area contributed by atoms with Gasteiger partial charge in [-0.1, -0.05) is 13.3 Å². The highest BCUT2D eigenvalue weighted by Crippen LogP contribution is 1.89. The van der Waals surface area contributed by atoms with Crippen molar-refractivity contribution in [2.24, 2.45) is 0 Å². The van der Waals surface area contributed by atoms with Crippen molar-refractivity contribution in [3.05, 3.63) is 0 Å². The summed E-state index contributed by atoms with van der Waals surface area (Å²) in [6.07, 6.45) is 1.56. The molecule has 1 heterocycles. The van der Waals surface area contributed by atoms with E-state index < -0.39 is 0 Å². The number of ether oxygens (including phenoxy) is 1. The summed E-state index contributed by atoms with van der Waals surface area (Å²) in [4.78, 5) is 10.9.